The molecule has 0 saturated carbocycles. The van der Waals surface area contributed by atoms with Crippen molar-refractivity contribution in [2.24, 2.45) is 0 Å². The van der Waals surface area contributed by atoms with E-state index in [1.165, 1.54) is 19.2 Å². The fraction of sp³-hybridized carbons (Fsp3) is 0.300. The van der Waals surface area contributed by atoms with Crippen molar-refractivity contribution < 1.29 is 13.9 Å². The topological polar surface area (TPSA) is 38.3 Å². The van der Waals surface area contributed by atoms with Crippen LogP contribution < -0.4 is 5.32 Å². The summed E-state index contributed by atoms with van der Waals surface area (Å²) in [5.74, 6) is -0.801. The number of rotatable bonds is 3. The SMILES string of the molecule is CNC(C(=O)OC)c1cccc(F)c1. The minimum atomic E-state index is -0.615. The fourth-order valence-electron chi connectivity index (χ4n) is 1.22. The van der Waals surface area contributed by atoms with Gasteiger partial charge in [0.05, 0.1) is 7.11 Å². The van der Waals surface area contributed by atoms with Gasteiger partial charge >= 0.3 is 5.97 Å². The standard InChI is InChI=1S/C10H12FNO2/c1-12-9(10(13)14-2)7-4-3-5-8(11)6-7/h3-6,9,12H,1-2H3. The number of likely N-dealkylation sites (N-methyl/N-ethyl adjacent to an activating group) is 1. The molecule has 0 radical (unpaired) electrons. The number of ether oxygens (including phenoxy) is 1. The molecule has 1 atom stereocenters. The quantitative estimate of drug-likeness (QED) is 0.741. The summed E-state index contributed by atoms with van der Waals surface area (Å²) in [6, 6.07) is 5.24. The number of nitrogens with one attached hydrogen (secondary N) is 1. The van der Waals surface area contributed by atoms with E-state index >= 15 is 0 Å². The predicted molar refractivity (Wildman–Crippen MR) is 50.2 cm³/mol. The summed E-state index contributed by atoms with van der Waals surface area (Å²) in [7, 11) is 2.92. The molecule has 0 spiro atoms. The number of hydrogen-bond donors (Lipinski definition) is 1. The lowest BCUT2D eigenvalue weighted by Gasteiger charge is -2.13. The Kier molecular flexibility index (Phi) is 3.59. The van der Waals surface area contributed by atoms with Gasteiger partial charge in [-0.25, -0.2) is 9.18 Å². The van der Waals surface area contributed by atoms with Crippen LogP contribution in [0.2, 0.25) is 0 Å². The third-order valence-corrected chi connectivity index (χ3v) is 1.91. The number of methoxy groups -OCH3 is 1. The highest BCUT2D eigenvalue weighted by Gasteiger charge is 2.19. The number of carbonyl (C=O) groups is 1. The van der Waals surface area contributed by atoms with Crippen LogP contribution in [0.3, 0.4) is 0 Å². The van der Waals surface area contributed by atoms with Crippen LogP contribution in [0.15, 0.2) is 24.3 Å². The first-order valence-electron chi connectivity index (χ1n) is 4.19. The highest BCUT2D eigenvalue weighted by Crippen LogP contribution is 2.14. The smallest absolute Gasteiger partial charge is 0.327 e. The molecule has 1 aromatic rings. The molecule has 0 aliphatic carbocycles. The summed E-state index contributed by atoms with van der Waals surface area (Å²) < 4.78 is 17.4. The van der Waals surface area contributed by atoms with Gasteiger partial charge in [0.15, 0.2) is 0 Å². The Morgan fingerprint density at radius 1 is 1.57 bits per heavy atom. The van der Waals surface area contributed by atoms with Crippen LogP contribution in [0.5, 0.6) is 0 Å². The number of halogens is 1. The van der Waals surface area contributed by atoms with Crippen molar-refractivity contribution in [3.05, 3.63) is 35.6 Å². The average Bonchev–Trinajstić information content (AvgIpc) is 2.19. The second kappa shape index (κ2) is 4.72. The van der Waals surface area contributed by atoms with Gasteiger partial charge < -0.3 is 10.1 Å². The van der Waals surface area contributed by atoms with Crippen molar-refractivity contribution in [2.75, 3.05) is 14.2 Å². The summed E-state index contributed by atoms with van der Waals surface area (Å²) in [6.45, 7) is 0. The molecule has 3 nitrogen and oxygen atoms in total. The molecular weight excluding hydrogens is 185 g/mol. The average molecular weight is 197 g/mol. The molecule has 0 fully saturated rings. The number of esters is 1. The zero-order valence-corrected chi connectivity index (χ0v) is 8.08. The van der Waals surface area contributed by atoms with Crippen molar-refractivity contribution in [1.82, 2.24) is 5.32 Å². The predicted octanol–water partition coefficient (Wildman–Crippen LogP) is 1.26. The second-order valence-corrected chi connectivity index (χ2v) is 2.80. The summed E-state index contributed by atoms with van der Waals surface area (Å²) in [4.78, 5) is 11.2. The molecule has 0 aliphatic heterocycles. The van der Waals surface area contributed by atoms with Crippen molar-refractivity contribution in [1.29, 1.82) is 0 Å². The first-order valence-corrected chi connectivity index (χ1v) is 4.19. The zero-order chi connectivity index (χ0) is 10.6. The lowest BCUT2D eigenvalue weighted by molar-refractivity contribution is -0.143. The lowest BCUT2D eigenvalue weighted by Crippen LogP contribution is -2.26. The van der Waals surface area contributed by atoms with E-state index in [1.54, 1.807) is 19.2 Å². The largest absolute Gasteiger partial charge is 0.468 e. The van der Waals surface area contributed by atoms with Crippen LogP contribution in [0.4, 0.5) is 4.39 Å². The van der Waals surface area contributed by atoms with Gasteiger partial charge in [0.2, 0.25) is 0 Å². The molecule has 0 amide bonds. The minimum absolute atomic E-state index is 0.369. The molecule has 14 heavy (non-hydrogen) atoms. The van der Waals surface area contributed by atoms with E-state index in [4.69, 9.17) is 0 Å². The number of hydrogen-bond acceptors (Lipinski definition) is 3. The number of carbonyl (C=O) groups excluding carboxylic acids is 1. The Bertz CT molecular complexity index is 328. The van der Waals surface area contributed by atoms with Gasteiger partial charge in [-0.05, 0) is 24.7 Å². The molecule has 0 bridgehead atoms. The first-order chi connectivity index (χ1) is 6.69. The molecule has 1 aromatic carbocycles. The third-order valence-electron chi connectivity index (χ3n) is 1.91. The Hall–Kier alpha value is -1.42. The third kappa shape index (κ3) is 2.29. The fourth-order valence-corrected chi connectivity index (χ4v) is 1.22. The van der Waals surface area contributed by atoms with E-state index in [2.05, 4.69) is 10.1 Å². The summed E-state index contributed by atoms with van der Waals surface area (Å²) in [5, 5.41) is 2.76. The molecule has 0 aromatic heterocycles. The Balaban J connectivity index is 2.94. The Morgan fingerprint density at radius 3 is 2.79 bits per heavy atom. The van der Waals surface area contributed by atoms with Crippen LogP contribution >= 0.6 is 0 Å². The van der Waals surface area contributed by atoms with E-state index < -0.39 is 12.0 Å². The van der Waals surface area contributed by atoms with Crippen molar-refractivity contribution in [2.45, 2.75) is 6.04 Å². The summed E-state index contributed by atoms with van der Waals surface area (Å²) in [6.07, 6.45) is 0. The molecular formula is C10H12FNO2. The normalized spacial score (nSPS) is 12.2. The van der Waals surface area contributed by atoms with Gasteiger partial charge in [-0.15, -0.1) is 0 Å². The Labute approximate surface area is 81.9 Å². The van der Waals surface area contributed by atoms with Crippen molar-refractivity contribution in [3.8, 4) is 0 Å². The van der Waals surface area contributed by atoms with Gasteiger partial charge in [-0.3, -0.25) is 0 Å². The maximum Gasteiger partial charge on any atom is 0.327 e. The van der Waals surface area contributed by atoms with Crippen LogP contribution in [-0.2, 0) is 9.53 Å². The molecule has 4 heteroatoms. The zero-order valence-electron chi connectivity index (χ0n) is 8.08. The summed E-state index contributed by atoms with van der Waals surface area (Å²) in [5.41, 5.74) is 0.555. The monoisotopic (exact) mass is 197 g/mol. The maximum atomic E-state index is 12.9. The van der Waals surface area contributed by atoms with Crippen molar-refractivity contribution >= 4 is 5.97 Å². The van der Waals surface area contributed by atoms with Gasteiger partial charge in [-0.2, -0.15) is 0 Å². The van der Waals surface area contributed by atoms with Crippen LogP contribution in [0, 0.1) is 5.82 Å². The van der Waals surface area contributed by atoms with E-state index in [-0.39, 0.29) is 5.82 Å². The molecule has 1 N–H and O–H groups in total. The Morgan fingerprint density at radius 2 is 2.29 bits per heavy atom. The molecule has 1 rings (SSSR count). The first kappa shape index (κ1) is 10.7. The lowest BCUT2D eigenvalue weighted by atomic mass is 10.1. The van der Waals surface area contributed by atoms with Crippen LogP contribution in [0.1, 0.15) is 11.6 Å². The second-order valence-electron chi connectivity index (χ2n) is 2.80. The van der Waals surface area contributed by atoms with Gasteiger partial charge in [0.1, 0.15) is 11.9 Å². The molecule has 0 aliphatic rings. The van der Waals surface area contributed by atoms with Gasteiger partial charge in [-0.1, -0.05) is 12.1 Å². The minimum Gasteiger partial charge on any atom is -0.468 e. The van der Waals surface area contributed by atoms with Gasteiger partial charge in [0.25, 0.3) is 0 Å². The van der Waals surface area contributed by atoms with Gasteiger partial charge in [0, 0.05) is 0 Å². The molecule has 1 unspecified atom stereocenters. The highest BCUT2D eigenvalue weighted by atomic mass is 19.1. The van der Waals surface area contributed by atoms with Crippen LogP contribution in [0.25, 0.3) is 0 Å². The van der Waals surface area contributed by atoms with E-state index in [9.17, 15) is 9.18 Å². The highest BCUT2D eigenvalue weighted by molar-refractivity contribution is 5.77. The van der Waals surface area contributed by atoms with E-state index in [1.807, 2.05) is 0 Å². The van der Waals surface area contributed by atoms with Crippen molar-refractivity contribution in [3.63, 3.8) is 0 Å². The van der Waals surface area contributed by atoms with E-state index in [0.29, 0.717) is 5.56 Å². The maximum absolute atomic E-state index is 12.9. The number of benzene rings is 1. The molecule has 0 saturated heterocycles. The van der Waals surface area contributed by atoms with E-state index in [0.717, 1.165) is 0 Å². The van der Waals surface area contributed by atoms with Crippen LogP contribution in [-0.4, -0.2) is 20.1 Å². The summed E-state index contributed by atoms with van der Waals surface area (Å²) >= 11 is 0. The molecule has 76 valence electrons. The molecule has 0 heterocycles.